The van der Waals surface area contributed by atoms with E-state index in [9.17, 15) is 19.3 Å². The molecule has 0 N–H and O–H groups in total. The smallest absolute Gasteiger partial charge is 0.311 e. The molecule has 0 bridgehead atoms. The van der Waals surface area contributed by atoms with Crippen molar-refractivity contribution in [2.75, 3.05) is 7.11 Å². The van der Waals surface area contributed by atoms with Crippen molar-refractivity contribution < 1.29 is 18.8 Å². The van der Waals surface area contributed by atoms with Gasteiger partial charge >= 0.3 is 5.69 Å². The summed E-state index contributed by atoms with van der Waals surface area (Å²) in [6.07, 6.45) is 6.52. The van der Waals surface area contributed by atoms with Gasteiger partial charge in [0, 0.05) is 12.1 Å². The summed E-state index contributed by atoms with van der Waals surface area (Å²) in [5.41, 5.74) is 0.496. The molecule has 1 heterocycles. The summed E-state index contributed by atoms with van der Waals surface area (Å²) in [6, 6.07) is 10.7. The van der Waals surface area contributed by atoms with Gasteiger partial charge in [-0.05, 0) is 54.4 Å². The SMILES string of the molecule is COc1ccc(C=C2SC(=Nc3ccccc3F)N(C3CCCCC3)C2=O)cc1[N+](=O)[O-]. The highest BCUT2D eigenvalue weighted by Gasteiger charge is 2.38. The van der Waals surface area contributed by atoms with E-state index >= 15 is 0 Å². The lowest BCUT2D eigenvalue weighted by molar-refractivity contribution is -0.385. The number of aliphatic imine (C=N–C) groups is 1. The second kappa shape index (κ2) is 9.52. The van der Waals surface area contributed by atoms with Crippen molar-refractivity contribution in [1.82, 2.24) is 4.90 Å². The van der Waals surface area contributed by atoms with Crippen LogP contribution >= 0.6 is 11.8 Å². The number of ether oxygens (including phenoxy) is 1. The molecule has 0 aromatic heterocycles. The molecule has 1 saturated carbocycles. The molecule has 9 heteroatoms. The zero-order valence-corrected chi connectivity index (χ0v) is 18.3. The number of nitro groups is 1. The number of thioether (sulfide) groups is 1. The number of hydrogen-bond donors (Lipinski definition) is 0. The van der Waals surface area contributed by atoms with Crippen LogP contribution in [0.2, 0.25) is 0 Å². The number of carbonyl (C=O) groups excluding carboxylic acids is 1. The Labute approximate surface area is 189 Å². The fourth-order valence-electron chi connectivity index (χ4n) is 3.96. The Kier molecular flexibility index (Phi) is 6.55. The van der Waals surface area contributed by atoms with Crippen LogP contribution < -0.4 is 4.74 Å². The van der Waals surface area contributed by atoms with E-state index in [1.165, 1.54) is 25.3 Å². The van der Waals surface area contributed by atoms with E-state index in [0.29, 0.717) is 15.6 Å². The molecule has 0 atom stereocenters. The van der Waals surface area contributed by atoms with E-state index in [-0.39, 0.29) is 29.1 Å². The number of carbonyl (C=O) groups is 1. The van der Waals surface area contributed by atoms with Crippen molar-refractivity contribution >= 4 is 40.3 Å². The van der Waals surface area contributed by atoms with Crippen LogP contribution in [0.5, 0.6) is 5.75 Å². The summed E-state index contributed by atoms with van der Waals surface area (Å²) in [6.45, 7) is 0. The maximum atomic E-state index is 14.2. The first-order valence-electron chi connectivity index (χ1n) is 10.4. The molecular formula is C23H22FN3O4S. The number of nitrogens with zero attached hydrogens (tertiary/aromatic N) is 3. The molecule has 2 aromatic rings. The minimum Gasteiger partial charge on any atom is -0.490 e. The molecule has 1 aliphatic heterocycles. The Bertz CT molecular complexity index is 1110. The van der Waals surface area contributed by atoms with Gasteiger partial charge in [-0.1, -0.05) is 37.5 Å². The molecule has 32 heavy (non-hydrogen) atoms. The molecule has 0 spiro atoms. The second-order valence-electron chi connectivity index (χ2n) is 7.61. The number of methoxy groups -OCH3 is 1. The van der Waals surface area contributed by atoms with Gasteiger partial charge in [0.1, 0.15) is 11.5 Å². The lowest BCUT2D eigenvalue weighted by Gasteiger charge is -2.30. The number of rotatable bonds is 5. The van der Waals surface area contributed by atoms with Gasteiger partial charge in [0.15, 0.2) is 10.9 Å². The Morgan fingerprint density at radius 2 is 1.97 bits per heavy atom. The topological polar surface area (TPSA) is 85.0 Å². The molecule has 4 rings (SSSR count). The van der Waals surface area contributed by atoms with E-state index in [4.69, 9.17) is 4.74 Å². The number of hydrogen-bond acceptors (Lipinski definition) is 6. The highest BCUT2D eigenvalue weighted by atomic mass is 32.2. The van der Waals surface area contributed by atoms with Crippen LogP contribution in [0, 0.1) is 15.9 Å². The molecular weight excluding hydrogens is 433 g/mol. The van der Waals surface area contributed by atoms with E-state index in [1.807, 2.05) is 0 Å². The van der Waals surface area contributed by atoms with Crippen molar-refractivity contribution in [2.24, 2.45) is 4.99 Å². The lowest BCUT2D eigenvalue weighted by atomic mass is 9.94. The monoisotopic (exact) mass is 455 g/mol. The molecule has 1 aliphatic carbocycles. The third-order valence-corrected chi connectivity index (χ3v) is 6.53. The van der Waals surface area contributed by atoms with E-state index in [2.05, 4.69) is 4.99 Å². The largest absolute Gasteiger partial charge is 0.490 e. The predicted molar refractivity (Wildman–Crippen MR) is 122 cm³/mol. The standard InChI is InChI=1S/C23H22FN3O4S/c1-31-20-12-11-15(13-19(20)27(29)30)14-21-22(28)26(16-7-3-2-4-8-16)23(32-21)25-18-10-6-5-9-17(18)24/h5-6,9-14,16H,2-4,7-8H2,1H3. The van der Waals surface area contributed by atoms with Crippen LogP contribution in [0.3, 0.4) is 0 Å². The summed E-state index contributed by atoms with van der Waals surface area (Å²) in [7, 11) is 1.37. The fraction of sp³-hybridized carbons (Fsp3) is 0.304. The van der Waals surface area contributed by atoms with Crippen molar-refractivity contribution in [3.05, 3.63) is 68.9 Å². The molecule has 166 valence electrons. The average molecular weight is 456 g/mol. The average Bonchev–Trinajstić information content (AvgIpc) is 3.10. The number of para-hydroxylation sites is 1. The Balaban J connectivity index is 1.73. The van der Waals surface area contributed by atoms with E-state index < -0.39 is 10.7 Å². The van der Waals surface area contributed by atoms with Gasteiger partial charge in [0.25, 0.3) is 5.91 Å². The number of amidine groups is 1. The van der Waals surface area contributed by atoms with Gasteiger partial charge in [-0.3, -0.25) is 19.8 Å². The Morgan fingerprint density at radius 3 is 2.66 bits per heavy atom. The minimum atomic E-state index is -0.524. The lowest BCUT2D eigenvalue weighted by Crippen LogP contribution is -2.40. The summed E-state index contributed by atoms with van der Waals surface area (Å²) in [5.74, 6) is -0.525. The maximum Gasteiger partial charge on any atom is 0.311 e. The van der Waals surface area contributed by atoms with Crippen LogP contribution in [0.1, 0.15) is 37.7 Å². The van der Waals surface area contributed by atoms with Crippen LogP contribution in [-0.4, -0.2) is 34.0 Å². The molecule has 7 nitrogen and oxygen atoms in total. The highest BCUT2D eigenvalue weighted by Crippen LogP contribution is 2.39. The summed E-state index contributed by atoms with van der Waals surface area (Å²) in [4.78, 5) is 30.7. The van der Waals surface area contributed by atoms with Crippen molar-refractivity contribution in [3.63, 3.8) is 0 Å². The Morgan fingerprint density at radius 1 is 1.22 bits per heavy atom. The van der Waals surface area contributed by atoms with Gasteiger partial charge in [-0.2, -0.15) is 0 Å². The number of nitro benzene ring substituents is 1. The molecule has 1 amide bonds. The Hall–Kier alpha value is -3.20. The summed E-state index contributed by atoms with van der Waals surface area (Å²) in [5, 5.41) is 11.8. The number of benzene rings is 2. The normalized spacial score (nSPS) is 19.7. The third kappa shape index (κ3) is 4.52. The van der Waals surface area contributed by atoms with Gasteiger partial charge in [-0.15, -0.1) is 0 Å². The zero-order valence-electron chi connectivity index (χ0n) is 17.5. The zero-order chi connectivity index (χ0) is 22.7. The molecule has 2 fully saturated rings. The first-order chi connectivity index (χ1) is 15.5. The van der Waals surface area contributed by atoms with Gasteiger partial charge < -0.3 is 4.74 Å². The highest BCUT2D eigenvalue weighted by molar-refractivity contribution is 8.18. The summed E-state index contributed by atoms with van der Waals surface area (Å²) >= 11 is 1.16. The number of halogens is 1. The maximum absolute atomic E-state index is 14.2. The minimum absolute atomic E-state index is 0.00498. The molecule has 2 aromatic carbocycles. The van der Waals surface area contributed by atoms with E-state index in [0.717, 1.165) is 43.9 Å². The van der Waals surface area contributed by atoms with Crippen molar-refractivity contribution in [2.45, 2.75) is 38.1 Å². The molecule has 1 saturated heterocycles. The fourth-order valence-corrected chi connectivity index (χ4v) is 5.01. The first-order valence-corrected chi connectivity index (χ1v) is 11.2. The van der Waals surface area contributed by atoms with Crippen LogP contribution in [0.4, 0.5) is 15.8 Å². The summed E-state index contributed by atoms with van der Waals surface area (Å²) < 4.78 is 19.3. The van der Waals surface area contributed by atoms with Gasteiger partial charge in [0.2, 0.25) is 0 Å². The number of amides is 1. The first kappa shape index (κ1) is 22.0. The van der Waals surface area contributed by atoms with Crippen LogP contribution in [0.25, 0.3) is 6.08 Å². The van der Waals surface area contributed by atoms with Crippen molar-refractivity contribution in [3.8, 4) is 5.75 Å². The molecule has 0 radical (unpaired) electrons. The predicted octanol–water partition coefficient (Wildman–Crippen LogP) is 5.68. The second-order valence-corrected chi connectivity index (χ2v) is 8.62. The van der Waals surface area contributed by atoms with Crippen molar-refractivity contribution in [1.29, 1.82) is 0 Å². The third-order valence-electron chi connectivity index (χ3n) is 5.54. The van der Waals surface area contributed by atoms with E-state index in [1.54, 1.807) is 35.2 Å². The van der Waals surface area contributed by atoms with Gasteiger partial charge in [0.05, 0.1) is 16.9 Å². The van der Waals surface area contributed by atoms with Crippen LogP contribution in [0.15, 0.2) is 52.4 Å². The molecule has 2 aliphatic rings. The van der Waals surface area contributed by atoms with Gasteiger partial charge in [-0.25, -0.2) is 9.38 Å². The molecule has 0 unspecified atom stereocenters. The quantitative estimate of drug-likeness (QED) is 0.329. The van der Waals surface area contributed by atoms with Crippen LogP contribution in [-0.2, 0) is 4.79 Å².